The van der Waals surface area contributed by atoms with Crippen LogP contribution in [0.5, 0.6) is 5.75 Å². The fraction of sp³-hybridized carbons (Fsp3) is 0.125. The molecule has 0 spiro atoms. The maximum Gasteiger partial charge on any atom is 0.261 e. The van der Waals surface area contributed by atoms with Crippen LogP contribution in [0.3, 0.4) is 0 Å². The van der Waals surface area contributed by atoms with E-state index in [1.807, 2.05) is 24.3 Å². The highest BCUT2D eigenvalue weighted by atomic mass is 127. The summed E-state index contributed by atoms with van der Waals surface area (Å²) in [5, 5.41) is 13.9. The van der Waals surface area contributed by atoms with Crippen molar-refractivity contribution in [1.29, 1.82) is 0 Å². The number of phenolic OH excluding ortho intramolecular Hbond substituents is 1. The van der Waals surface area contributed by atoms with E-state index in [9.17, 15) is 5.11 Å². The standard InChI is InChI=1S/C16H13IN2O2/c1-10-2-4-11(5-3-10)8-15-18-16(21-19-15)13-9-12(17)6-7-14(13)20/h2-7,9,20H,8H2,1H3. The molecule has 0 saturated carbocycles. The molecule has 0 unspecified atom stereocenters. The third-order valence-electron chi connectivity index (χ3n) is 3.14. The number of aryl methyl sites for hydroxylation is 1. The lowest BCUT2D eigenvalue weighted by Gasteiger charge is -1.99. The Labute approximate surface area is 136 Å². The zero-order valence-electron chi connectivity index (χ0n) is 11.4. The smallest absolute Gasteiger partial charge is 0.261 e. The third-order valence-corrected chi connectivity index (χ3v) is 3.81. The number of nitrogens with zero attached hydrogens (tertiary/aromatic N) is 2. The maximum atomic E-state index is 9.89. The summed E-state index contributed by atoms with van der Waals surface area (Å²) in [5.41, 5.74) is 2.90. The molecule has 1 heterocycles. The van der Waals surface area contributed by atoms with Gasteiger partial charge in [-0.15, -0.1) is 0 Å². The van der Waals surface area contributed by atoms with Crippen LogP contribution in [0.4, 0.5) is 0 Å². The topological polar surface area (TPSA) is 59.2 Å². The largest absolute Gasteiger partial charge is 0.507 e. The molecule has 0 aliphatic rings. The van der Waals surface area contributed by atoms with Crippen LogP contribution in [0.2, 0.25) is 0 Å². The summed E-state index contributed by atoms with van der Waals surface area (Å²) in [6, 6.07) is 13.5. The van der Waals surface area contributed by atoms with E-state index in [1.54, 1.807) is 6.07 Å². The van der Waals surface area contributed by atoms with Gasteiger partial charge in [-0.25, -0.2) is 0 Å². The molecule has 0 radical (unpaired) electrons. The van der Waals surface area contributed by atoms with Gasteiger partial charge in [0.25, 0.3) is 5.89 Å². The summed E-state index contributed by atoms with van der Waals surface area (Å²) < 4.78 is 6.26. The number of hydrogen-bond donors (Lipinski definition) is 1. The Morgan fingerprint density at radius 3 is 2.67 bits per heavy atom. The Kier molecular flexibility index (Phi) is 3.92. The van der Waals surface area contributed by atoms with E-state index >= 15 is 0 Å². The molecule has 5 heteroatoms. The monoisotopic (exact) mass is 392 g/mol. The molecular weight excluding hydrogens is 379 g/mol. The average molecular weight is 392 g/mol. The Bertz CT molecular complexity index is 766. The quantitative estimate of drug-likeness (QED) is 0.686. The molecule has 3 aromatic rings. The van der Waals surface area contributed by atoms with Crippen LogP contribution in [0.25, 0.3) is 11.5 Å². The van der Waals surface area contributed by atoms with Gasteiger partial charge in [-0.05, 0) is 53.3 Å². The Balaban J connectivity index is 1.86. The molecule has 21 heavy (non-hydrogen) atoms. The normalized spacial score (nSPS) is 10.8. The van der Waals surface area contributed by atoms with E-state index in [0.717, 1.165) is 9.13 Å². The summed E-state index contributed by atoms with van der Waals surface area (Å²) >= 11 is 2.18. The van der Waals surface area contributed by atoms with Gasteiger partial charge in [0.05, 0.1) is 5.56 Å². The molecule has 3 rings (SSSR count). The molecule has 0 fully saturated rings. The summed E-state index contributed by atoms with van der Waals surface area (Å²) in [7, 11) is 0. The van der Waals surface area contributed by atoms with Gasteiger partial charge in [-0.3, -0.25) is 0 Å². The van der Waals surface area contributed by atoms with Crippen LogP contribution >= 0.6 is 22.6 Å². The van der Waals surface area contributed by atoms with Gasteiger partial charge < -0.3 is 9.63 Å². The lowest BCUT2D eigenvalue weighted by Crippen LogP contribution is -1.91. The fourth-order valence-corrected chi connectivity index (χ4v) is 2.49. The molecule has 0 saturated heterocycles. The van der Waals surface area contributed by atoms with Crippen LogP contribution in [-0.2, 0) is 6.42 Å². The minimum atomic E-state index is 0.140. The predicted molar refractivity (Wildman–Crippen MR) is 88.1 cm³/mol. The Hall–Kier alpha value is -1.89. The van der Waals surface area contributed by atoms with Crippen LogP contribution in [-0.4, -0.2) is 15.2 Å². The average Bonchev–Trinajstić information content (AvgIpc) is 2.92. The van der Waals surface area contributed by atoms with Crippen LogP contribution in [0.1, 0.15) is 17.0 Å². The van der Waals surface area contributed by atoms with Crippen molar-refractivity contribution in [2.75, 3.05) is 0 Å². The number of aromatic hydroxyl groups is 1. The molecule has 1 aromatic heterocycles. The van der Waals surface area contributed by atoms with Crippen LogP contribution in [0, 0.1) is 10.5 Å². The number of rotatable bonds is 3. The highest BCUT2D eigenvalue weighted by Crippen LogP contribution is 2.29. The zero-order chi connectivity index (χ0) is 14.8. The maximum absolute atomic E-state index is 9.89. The molecule has 0 atom stereocenters. The van der Waals surface area contributed by atoms with Gasteiger partial charge in [0.15, 0.2) is 5.82 Å². The first-order valence-corrected chi connectivity index (χ1v) is 7.57. The Morgan fingerprint density at radius 1 is 1.14 bits per heavy atom. The minimum Gasteiger partial charge on any atom is -0.507 e. The van der Waals surface area contributed by atoms with Crippen molar-refractivity contribution < 1.29 is 9.63 Å². The number of hydrogen-bond acceptors (Lipinski definition) is 4. The molecule has 1 N–H and O–H groups in total. The van der Waals surface area contributed by atoms with Crippen molar-refractivity contribution in [3.05, 3.63) is 63.0 Å². The van der Waals surface area contributed by atoms with Crippen molar-refractivity contribution in [1.82, 2.24) is 10.1 Å². The van der Waals surface area contributed by atoms with Crippen molar-refractivity contribution in [2.24, 2.45) is 0 Å². The number of halogens is 1. The van der Waals surface area contributed by atoms with E-state index in [0.29, 0.717) is 23.7 Å². The summed E-state index contributed by atoms with van der Waals surface area (Å²) in [5.74, 6) is 1.08. The van der Waals surface area contributed by atoms with Crippen LogP contribution < -0.4 is 0 Å². The SMILES string of the molecule is Cc1ccc(Cc2noc(-c3cc(I)ccc3O)n2)cc1. The second-order valence-corrected chi connectivity index (χ2v) is 6.09. The van der Waals surface area contributed by atoms with Gasteiger partial charge in [-0.1, -0.05) is 35.0 Å². The number of aromatic nitrogens is 2. The molecule has 2 aromatic carbocycles. The van der Waals surface area contributed by atoms with E-state index in [4.69, 9.17) is 4.52 Å². The highest BCUT2D eigenvalue weighted by molar-refractivity contribution is 14.1. The molecule has 0 aliphatic carbocycles. The van der Waals surface area contributed by atoms with Gasteiger partial charge in [0.1, 0.15) is 5.75 Å². The first-order chi connectivity index (χ1) is 10.1. The van der Waals surface area contributed by atoms with E-state index in [-0.39, 0.29) is 5.75 Å². The van der Waals surface area contributed by atoms with Crippen molar-refractivity contribution >= 4 is 22.6 Å². The Morgan fingerprint density at radius 2 is 1.90 bits per heavy atom. The highest BCUT2D eigenvalue weighted by Gasteiger charge is 2.13. The molecule has 0 bridgehead atoms. The first kappa shape index (κ1) is 14.1. The number of benzene rings is 2. The molecule has 0 amide bonds. The summed E-state index contributed by atoms with van der Waals surface area (Å²) in [4.78, 5) is 4.36. The molecule has 4 nitrogen and oxygen atoms in total. The third kappa shape index (κ3) is 3.24. The van der Waals surface area contributed by atoms with Gasteiger partial charge >= 0.3 is 0 Å². The van der Waals surface area contributed by atoms with Gasteiger partial charge in [0.2, 0.25) is 0 Å². The van der Waals surface area contributed by atoms with E-state index < -0.39 is 0 Å². The molecule has 106 valence electrons. The first-order valence-electron chi connectivity index (χ1n) is 6.49. The van der Waals surface area contributed by atoms with Crippen molar-refractivity contribution in [2.45, 2.75) is 13.3 Å². The summed E-state index contributed by atoms with van der Waals surface area (Å²) in [6.45, 7) is 2.05. The van der Waals surface area contributed by atoms with Gasteiger partial charge in [0, 0.05) is 9.99 Å². The lowest BCUT2D eigenvalue weighted by atomic mass is 10.1. The fourth-order valence-electron chi connectivity index (χ4n) is 2.00. The van der Waals surface area contributed by atoms with Crippen molar-refractivity contribution in [3.63, 3.8) is 0 Å². The van der Waals surface area contributed by atoms with E-state index in [1.165, 1.54) is 5.56 Å². The van der Waals surface area contributed by atoms with Gasteiger partial charge in [-0.2, -0.15) is 4.98 Å². The summed E-state index contributed by atoms with van der Waals surface area (Å²) in [6.07, 6.45) is 0.606. The van der Waals surface area contributed by atoms with Crippen molar-refractivity contribution in [3.8, 4) is 17.2 Å². The van der Waals surface area contributed by atoms with Crippen LogP contribution in [0.15, 0.2) is 47.0 Å². The number of phenols is 1. The molecular formula is C16H13IN2O2. The zero-order valence-corrected chi connectivity index (χ0v) is 13.5. The molecule has 0 aliphatic heterocycles. The van der Waals surface area contributed by atoms with E-state index in [2.05, 4.69) is 51.8 Å². The second-order valence-electron chi connectivity index (χ2n) is 4.84. The minimum absolute atomic E-state index is 0.140. The lowest BCUT2D eigenvalue weighted by molar-refractivity contribution is 0.418. The predicted octanol–water partition coefficient (Wildman–Crippen LogP) is 3.95. The second kappa shape index (κ2) is 5.85.